The minimum Gasteiger partial charge on any atom is -0.548 e. The molecular weight excluding hydrogens is 1130 g/mol. The van der Waals surface area contributed by atoms with Crippen molar-refractivity contribution in [3.05, 3.63) is 0 Å². The van der Waals surface area contributed by atoms with Gasteiger partial charge < -0.3 is 13.9 Å². The summed E-state index contributed by atoms with van der Waals surface area (Å²) in [7, 11) is -13.4. The lowest BCUT2D eigenvalue weighted by Gasteiger charge is -2.22. The number of alkyl halides is 15. The third-order valence-corrected chi connectivity index (χ3v) is 36.3. The fourth-order valence-electron chi connectivity index (χ4n) is 2.18. The number of hydrogen-bond acceptors (Lipinski definition) is 22. The second-order valence-corrected chi connectivity index (χ2v) is 41.9. The lowest BCUT2D eigenvalue weighted by molar-refractivity contribution is -0.465. The van der Waals surface area contributed by atoms with E-state index < -0.39 is 179 Å². The Morgan fingerprint density at radius 1 is 0.433 bits per heavy atom. The van der Waals surface area contributed by atoms with Crippen molar-refractivity contribution in [2.24, 2.45) is 0 Å². The zero-order valence-corrected chi connectivity index (χ0v) is 43.9. The van der Waals surface area contributed by atoms with E-state index >= 15 is 0 Å². The zero-order chi connectivity index (χ0) is 47.8. The monoisotopic (exact) mass is 1150 g/mol. The Morgan fingerprint density at radius 2 is 0.617 bits per heavy atom. The van der Waals surface area contributed by atoms with E-state index in [9.17, 15) is 65.9 Å². The predicted molar refractivity (Wildman–Crippen MR) is 188 cm³/mol. The van der Waals surface area contributed by atoms with E-state index in [1.807, 2.05) is 0 Å². The molecule has 0 fully saturated rings. The summed E-state index contributed by atoms with van der Waals surface area (Å²) in [6, 6.07) is 0. The Morgan fingerprint density at radius 3 is 0.767 bits per heavy atom. The fraction of sp³-hybridized carbons (Fsp3) is 1.00. The lowest BCUT2D eigenvalue weighted by Crippen LogP contribution is -2.46. The minimum absolute atomic E-state index is 0.798. The van der Waals surface area contributed by atoms with E-state index in [1.54, 1.807) is 0 Å². The van der Waals surface area contributed by atoms with Crippen molar-refractivity contribution in [3.63, 3.8) is 0 Å². The molecule has 0 radical (unpaired) electrons. The molecule has 0 saturated carbocycles. The highest BCUT2D eigenvalue weighted by Gasteiger charge is 2.46. The van der Waals surface area contributed by atoms with Crippen LogP contribution < -0.4 is 0 Å². The van der Waals surface area contributed by atoms with Gasteiger partial charge in [-0.05, 0) is 0 Å². The maximum atomic E-state index is 12.0. The van der Waals surface area contributed by atoms with Crippen LogP contribution in [0.3, 0.4) is 0 Å². The second kappa shape index (κ2) is 33.2. The van der Waals surface area contributed by atoms with E-state index in [0.29, 0.717) is 0 Å². The molecule has 0 amide bonds. The summed E-state index contributed by atoms with van der Waals surface area (Å²) in [6.45, 7) is 7.08. The van der Waals surface area contributed by atoms with Gasteiger partial charge in [-0.15, -0.1) is 17.3 Å². The van der Waals surface area contributed by atoms with E-state index in [4.69, 9.17) is 26.9 Å². The molecule has 358 valence electrons. The highest BCUT2D eigenvalue weighted by atomic mass is 32.2. The molecule has 0 aromatic carbocycles. The van der Waals surface area contributed by atoms with Crippen molar-refractivity contribution >= 4 is 152 Å². The van der Waals surface area contributed by atoms with Gasteiger partial charge in [0.25, 0.3) is 0 Å². The van der Waals surface area contributed by atoms with Crippen LogP contribution in [0.2, 0.25) is 49.3 Å². The molecule has 0 rings (SSSR count). The standard InChI is InChI=1S/2C2H8O2Si2.5CHF3O3S.4CH3.4Al/c2*1-5(3)6(2)4;2-1(3,4)8(5,6)7;4*2-1(3,4)8-7-6-5;;;;;;;;/h2*5-6H,1-2H3;(H,5,6,7);4*5H;4*1H3;;;;/q2*-2;;;;;;;;;;2*+1;2*+3/p-4. The maximum Gasteiger partial charge on any atom is 0.957 e. The smallest absolute Gasteiger partial charge is 0.548 e. The van der Waals surface area contributed by atoms with Gasteiger partial charge in [-0.25, -0.2) is 0 Å². The van der Waals surface area contributed by atoms with Crippen LogP contribution in [0.5, 0.6) is 0 Å². The van der Waals surface area contributed by atoms with Gasteiger partial charge >= 0.3 is 96.9 Å². The summed E-state index contributed by atoms with van der Waals surface area (Å²) >= 11 is -14.6. The van der Waals surface area contributed by atoms with Crippen LogP contribution in [0.25, 0.3) is 0 Å². The van der Waals surface area contributed by atoms with Crippen molar-refractivity contribution in [1.29, 1.82) is 0 Å². The first-order valence-electron chi connectivity index (χ1n) is 14.5. The number of hydrogen-bond donors (Lipinski definition) is 1. The van der Waals surface area contributed by atoms with E-state index in [2.05, 4.69) is 89.5 Å². The average molecular weight is 1150 g/mol. The van der Waals surface area contributed by atoms with E-state index in [-0.39, 0.29) is 0 Å². The van der Waals surface area contributed by atoms with Crippen LogP contribution in [0, 0.1) is 0 Å². The predicted octanol–water partition coefficient (Wildman–Crippen LogP) is 6.67. The molecule has 1 N–H and O–H groups in total. The summed E-state index contributed by atoms with van der Waals surface area (Å²) in [4.78, 5) is 0. The maximum absolute atomic E-state index is 12.0. The van der Waals surface area contributed by atoms with Gasteiger partial charge in [-0.1, -0.05) is 69.5 Å². The lowest BCUT2D eigenvalue weighted by atomic mass is 11.6. The van der Waals surface area contributed by atoms with Gasteiger partial charge in [0, 0.05) is 0 Å². The number of halogens is 15. The van der Waals surface area contributed by atoms with Gasteiger partial charge in [0.05, 0.1) is 0 Å². The molecule has 0 aliphatic carbocycles. The summed E-state index contributed by atoms with van der Waals surface area (Å²) < 4.78 is 255. The average Bonchev–Trinajstić information content (AvgIpc) is 3.02. The molecule has 0 aliphatic rings. The normalized spacial score (nSPS) is 14.9. The van der Waals surface area contributed by atoms with Crippen molar-refractivity contribution in [1.82, 2.24) is 0 Å². The third kappa shape index (κ3) is 47.1. The first-order chi connectivity index (χ1) is 26.8. The molecule has 60 heavy (non-hydrogen) atoms. The summed E-state index contributed by atoms with van der Waals surface area (Å²) in [5.41, 5.74) is -25.4. The molecule has 47 heteroatoms. The third-order valence-electron chi connectivity index (χ3n) is 4.34. The highest BCUT2D eigenvalue weighted by Crippen LogP contribution is 2.33. The molecule has 0 spiro atoms. The van der Waals surface area contributed by atoms with Crippen molar-refractivity contribution in [3.8, 4) is 0 Å². The van der Waals surface area contributed by atoms with E-state index in [1.165, 1.54) is 13.1 Å². The molecule has 0 heterocycles. The van der Waals surface area contributed by atoms with Crippen LogP contribution in [0.4, 0.5) is 65.9 Å². The van der Waals surface area contributed by atoms with Crippen LogP contribution in [0.15, 0.2) is 0 Å². The van der Waals surface area contributed by atoms with Crippen LogP contribution >= 0.6 is 48.2 Å². The van der Waals surface area contributed by atoms with Crippen LogP contribution in [-0.4, -0.2) is 134 Å². The molecule has 19 nitrogen and oxygen atoms in total. The first-order valence-corrected chi connectivity index (χ1v) is 39.1. The SMILES string of the molecule is C[SiH]([O][Al]([O]OOSC(F)(F)F)[O]OOSC(F)(F)F)[SiH](C)[O][Al]([O]OOSC(F)(F)F)[O]OOSC(F)(F)F.O=S(=O)(O)C(F)(F)F.[CH3][Al]([CH3])[O][SiH](C)[SiH](C)[O][Al]([CH3])[CH3]. The van der Waals surface area contributed by atoms with Crippen molar-refractivity contribution in [2.45, 2.75) is 76.9 Å². The number of rotatable bonds is 26. The summed E-state index contributed by atoms with van der Waals surface area (Å²) in [5.74, 6) is 8.99. The van der Waals surface area contributed by atoms with E-state index in [0.717, 1.165) is 0 Å². The molecule has 0 bridgehead atoms. The highest BCUT2D eigenvalue weighted by molar-refractivity contribution is 7.96. The molecule has 0 aliphatic heterocycles. The Kier molecular flexibility index (Phi) is 37.0. The Hall–Kier alpha value is 2.62. The second-order valence-electron chi connectivity index (χ2n) is 10.0. The van der Waals surface area contributed by atoms with Gasteiger partial charge in [-0.2, -0.15) is 74.3 Å². The van der Waals surface area contributed by atoms with Gasteiger partial charge in [0.1, 0.15) is 48.2 Å². The van der Waals surface area contributed by atoms with Crippen LogP contribution in [0.1, 0.15) is 0 Å². The molecule has 0 aromatic rings. The Labute approximate surface area is 372 Å². The topological polar surface area (TPSA) is 202 Å². The molecule has 0 aromatic heterocycles. The summed E-state index contributed by atoms with van der Waals surface area (Å²) in [5, 5.41) is 14.8. The fourth-order valence-corrected chi connectivity index (χ4v) is 33.3. The Balaban J connectivity index is -0.00000132. The van der Waals surface area contributed by atoms with Gasteiger partial charge in [-0.3, -0.25) is 20.3 Å². The molecule has 4 unspecified atom stereocenters. The first kappa shape index (κ1) is 66.9. The van der Waals surface area contributed by atoms with Crippen LogP contribution in [-0.2, 0) is 77.3 Å². The van der Waals surface area contributed by atoms with Crippen molar-refractivity contribution in [2.75, 3.05) is 0 Å². The van der Waals surface area contributed by atoms with Crippen molar-refractivity contribution < 1.29 is 146 Å². The quantitative estimate of drug-likeness (QED) is 0.0141. The van der Waals surface area contributed by atoms with Gasteiger partial charge in [0.2, 0.25) is 0 Å². The molecule has 0 saturated heterocycles. The Bertz CT molecular complexity index is 1100. The minimum atomic E-state index is -5.84. The zero-order valence-electron chi connectivity index (χ0n) is 30.6. The largest absolute Gasteiger partial charge is 0.957 e. The molecule has 4 atom stereocenters. The summed E-state index contributed by atoms with van der Waals surface area (Å²) in [6.07, 6.45) is 0. The van der Waals surface area contributed by atoms with Gasteiger partial charge in [0.15, 0.2) is 34.2 Å². The molecular formula is C13H29Al4F15O19S5Si4.